The predicted octanol–water partition coefficient (Wildman–Crippen LogP) is 2.60. The molecule has 0 atom stereocenters. The standard InChI is InChI=1S/C28H34F2N8O4S2/c1-40-20-4-2-3-19-24(20)33-26(25(29)30)38(19)27-31-21(17-22(32-27)35-9-13-41-14-10-35)34-5-7-37(8-6-34)28(43)44-18-23(39)36-11-15-42-16-12-36/h2-4,17,25H,5-16,18H2,1H3. The number of nitrogens with zero attached hydrogens (tertiary/aromatic N) is 8. The Morgan fingerprint density at radius 1 is 0.932 bits per heavy atom. The molecule has 3 aromatic rings. The Bertz CT molecular complexity index is 1490. The number of benzene rings is 1. The molecule has 3 saturated heterocycles. The van der Waals surface area contributed by atoms with Crippen molar-refractivity contribution < 1.29 is 27.8 Å². The number of fused-ring (bicyclic) bond motifs is 1. The summed E-state index contributed by atoms with van der Waals surface area (Å²) in [6.45, 7) is 7.18. The minimum atomic E-state index is -2.86. The van der Waals surface area contributed by atoms with Crippen molar-refractivity contribution in [1.29, 1.82) is 0 Å². The maximum Gasteiger partial charge on any atom is 0.296 e. The molecule has 0 bridgehead atoms. The minimum absolute atomic E-state index is 0.0660. The number of thioether (sulfide) groups is 1. The third-order valence-electron chi connectivity index (χ3n) is 7.86. The zero-order valence-electron chi connectivity index (χ0n) is 24.4. The Labute approximate surface area is 263 Å². The van der Waals surface area contributed by atoms with E-state index in [1.807, 2.05) is 11.0 Å². The highest BCUT2D eigenvalue weighted by molar-refractivity contribution is 8.23. The molecule has 2 aromatic heterocycles. The Hall–Kier alpha value is -3.34. The lowest BCUT2D eigenvalue weighted by molar-refractivity contribution is -0.132. The number of alkyl halides is 2. The smallest absolute Gasteiger partial charge is 0.296 e. The number of hydrogen-bond donors (Lipinski definition) is 0. The fraction of sp³-hybridized carbons (Fsp3) is 0.536. The molecule has 1 amide bonds. The molecule has 0 saturated carbocycles. The summed E-state index contributed by atoms with van der Waals surface area (Å²) in [5.41, 5.74) is 0.752. The van der Waals surface area contributed by atoms with Gasteiger partial charge in [0.2, 0.25) is 11.9 Å². The molecule has 0 unspecified atom stereocenters. The van der Waals surface area contributed by atoms with E-state index >= 15 is 0 Å². The molecule has 1 aromatic carbocycles. The zero-order chi connectivity index (χ0) is 30.6. The van der Waals surface area contributed by atoms with Crippen LogP contribution in [0.5, 0.6) is 5.75 Å². The zero-order valence-corrected chi connectivity index (χ0v) is 26.0. The van der Waals surface area contributed by atoms with Gasteiger partial charge in [0.1, 0.15) is 27.2 Å². The van der Waals surface area contributed by atoms with E-state index < -0.39 is 12.2 Å². The van der Waals surface area contributed by atoms with Crippen LogP contribution in [0, 0.1) is 0 Å². The number of carbonyl (C=O) groups is 1. The highest BCUT2D eigenvalue weighted by atomic mass is 32.2. The molecule has 236 valence electrons. The van der Waals surface area contributed by atoms with E-state index in [1.165, 1.54) is 23.4 Å². The Balaban J connectivity index is 1.24. The highest BCUT2D eigenvalue weighted by Gasteiger charge is 2.28. The molecule has 0 spiro atoms. The number of thiocarbonyl (C=S) groups is 1. The number of piperazine rings is 1. The van der Waals surface area contributed by atoms with Gasteiger partial charge in [-0.15, -0.1) is 0 Å². The third kappa shape index (κ3) is 6.53. The van der Waals surface area contributed by atoms with Gasteiger partial charge in [-0.2, -0.15) is 9.97 Å². The van der Waals surface area contributed by atoms with E-state index in [-0.39, 0.29) is 11.9 Å². The van der Waals surface area contributed by atoms with Crippen molar-refractivity contribution in [2.24, 2.45) is 0 Å². The number of para-hydroxylation sites is 1. The van der Waals surface area contributed by atoms with Crippen LogP contribution in [0.15, 0.2) is 24.3 Å². The van der Waals surface area contributed by atoms with Crippen LogP contribution in [0.25, 0.3) is 17.0 Å². The van der Waals surface area contributed by atoms with Crippen LogP contribution in [0.4, 0.5) is 20.4 Å². The van der Waals surface area contributed by atoms with Crippen LogP contribution in [-0.4, -0.2) is 131 Å². The summed E-state index contributed by atoms with van der Waals surface area (Å²) in [5, 5.41) is 0. The first kappa shape index (κ1) is 30.7. The quantitative estimate of drug-likeness (QED) is 0.352. The van der Waals surface area contributed by atoms with Gasteiger partial charge >= 0.3 is 0 Å². The summed E-state index contributed by atoms with van der Waals surface area (Å²) < 4.78 is 47.0. The highest BCUT2D eigenvalue weighted by Crippen LogP contribution is 2.33. The van der Waals surface area contributed by atoms with Gasteiger partial charge in [-0.1, -0.05) is 30.0 Å². The van der Waals surface area contributed by atoms with Crippen molar-refractivity contribution in [3.05, 3.63) is 30.1 Å². The van der Waals surface area contributed by atoms with E-state index in [2.05, 4.69) is 19.7 Å². The summed E-state index contributed by atoms with van der Waals surface area (Å²) in [6.07, 6.45) is -2.86. The van der Waals surface area contributed by atoms with Crippen molar-refractivity contribution in [1.82, 2.24) is 29.3 Å². The molecule has 0 N–H and O–H groups in total. The van der Waals surface area contributed by atoms with E-state index in [1.54, 1.807) is 18.2 Å². The monoisotopic (exact) mass is 648 g/mol. The lowest BCUT2D eigenvalue weighted by Crippen LogP contribution is -2.48. The van der Waals surface area contributed by atoms with Gasteiger partial charge in [-0.05, 0) is 12.1 Å². The number of carbonyl (C=O) groups excluding carboxylic acids is 1. The first-order valence-corrected chi connectivity index (χ1v) is 15.9. The number of hydrogen-bond acceptors (Lipinski definition) is 11. The molecule has 12 nitrogen and oxygen atoms in total. The lowest BCUT2D eigenvalue weighted by atomic mass is 10.3. The van der Waals surface area contributed by atoms with Gasteiger partial charge in [0, 0.05) is 58.4 Å². The summed E-state index contributed by atoms with van der Waals surface area (Å²) >= 11 is 7.06. The van der Waals surface area contributed by atoms with Gasteiger partial charge in [0.15, 0.2) is 5.82 Å². The van der Waals surface area contributed by atoms with Crippen molar-refractivity contribution in [3.63, 3.8) is 0 Å². The second kappa shape index (κ2) is 13.7. The normalized spacial score (nSPS) is 17.9. The molecule has 5 heterocycles. The van der Waals surface area contributed by atoms with Crippen molar-refractivity contribution in [3.8, 4) is 11.7 Å². The summed E-state index contributed by atoms with van der Waals surface area (Å²) in [6, 6.07) is 7.03. The van der Waals surface area contributed by atoms with Crippen molar-refractivity contribution in [2.75, 3.05) is 101 Å². The Morgan fingerprint density at radius 2 is 1.57 bits per heavy atom. The molecule has 6 rings (SSSR count). The van der Waals surface area contributed by atoms with Crippen LogP contribution in [-0.2, 0) is 14.3 Å². The number of ether oxygens (including phenoxy) is 3. The van der Waals surface area contributed by atoms with Gasteiger partial charge < -0.3 is 33.8 Å². The van der Waals surface area contributed by atoms with Crippen LogP contribution in [0.3, 0.4) is 0 Å². The lowest BCUT2D eigenvalue weighted by Gasteiger charge is -2.37. The molecule has 44 heavy (non-hydrogen) atoms. The van der Waals surface area contributed by atoms with E-state index in [4.69, 9.17) is 36.4 Å². The van der Waals surface area contributed by atoms with Crippen molar-refractivity contribution >= 4 is 56.9 Å². The number of morpholine rings is 2. The van der Waals surface area contributed by atoms with Crippen molar-refractivity contribution in [2.45, 2.75) is 6.43 Å². The third-order valence-corrected chi connectivity index (χ3v) is 9.36. The Morgan fingerprint density at radius 3 is 2.20 bits per heavy atom. The van der Waals surface area contributed by atoms with Crippen LogP contribution in [0.1, 0.15) is 12.2 Å². The second-order valence-corrected chi connectivity index (χ2v) is 12.0. The van der Waals surface area contributed by atoms with Crippen LogP contribution < -0.4 is 14.5 Å². The SMILES string of the molecule is COc1cccc2c1nc(C(F)F)n2-c1nc(N2CCOCC2)cc(N2CCN(C(=S)SCC(=O)N3CCOCC3)CC2)n1. The number of amides is 1. The molecular weight excluding hydrogens is 614 g/mol. The van der Waals surface area contributed by atoms with Gasteiger partial charge in [-0.25, -0.2) is 13.8 Å². The van der Waals surface area contributed by atoms with E-state index in [9.17, 15) is 13.6 Å². The van der Waals surface area contributed by atoms with Crippen LogP contribution >= 0.6 is 24.0 Å². The molecule has 0 radical (unpaired) electrons. The molecule has 16 heteroatoms. The molecule has 0 aliphatic carbocycles. The number of aromatic nitrogens is 4. The molecule has 3 aliphatic heterocycles. The second-order valence-electron chi connectivity index (χ2n) is 10.4. The number of imidazole rings is 1. The van der Waals surface area contributed by atoms with E-state index in [0.717, 1.165) is 0 Å². The number of halogens is 2. The number of methoxy groups -OCH3 is 1. The first-order chi connectivity index (χ1) is 21.4. The fourth-order valence-electron chi connectivity index (χ4n) is 5.48. The average molecular weight is 649 g/mol. The largest absolute Gasteiger partial charge is 0.494 e. The topological polar surface area (TPSA) is 101 Å². The molecular formula is C28H34F2N8O4S2. The average Bonchev–Trinajstić information content (AvgIpc) is 3.48. The Kier molecular flexibility index (Phi) is 9.59. The summed E-state index contributed by atoms with van der Waals surface area (Å²) in [5.74, 6) is 1.68. The van der Waals surface area contributed by atoms with E-state index in [0.29, 0.717) is 117 Å². The number of anilines is 2. The maximum absolute atomic E-state index is 14.4. The predicted molar refractivity (Wildman–Crippen MR) is 167 cm³/mol. The molecule has 3 fully saturated rings. The van der Waals surface area contributed by atoms with Gasteiger partial charge in [0.05, 0.1) is 44.8 Å². The fourth-order valence-corrected chi connectivity index (χ4v) is 6.63. The maximum atomic E-state index is 14.4. The minimum Gasteiger partial charge on any atom is -0.494 e. The summed E-state index contributed by atoms with van der Waals surface area (Å²) in [7, 11) is 1.48. The van der Waals surface area contributed by atoms with Gasteiger partial charge in [-0.3, -0.25) is 9.36 Å². The molecule has 3 aliphatic rings. The summed E-state index contributed by atoms with van der Waals surface area (Å²) in [4.78, 5) is 34.5. The first-order valence-electron chi connectivity index (χ1n) is 14.5. The number of rotatable bonds is 7. The van der Waals surface area contributed by atoms with Crippen LogP contribution in [0.2, 0.25) is 0 Å². The van der Waals surface area contributed by atoms with Gasteiger partial charge in [0.25, 0.3) is 6.43 Å².